The molecule has 0 unspecified atom stereocenters. The Morgan fingerprint density at radius 1 is 1.00 bits per heavy atom. The van der Waals surface area contributed by atoms with Gasteiger partial charge in [0.15, 0.2) is 0 Å². The Labute approximate surface area is 181 Å². The third-order valence-electron chi connectivity index (χ3n) is 6.05. The van der Waals surface area contributed by atoms with Gasteiger partial charge in [-0.3, -0.25) is 14.3 Å². The lowest BCUT2D eigenvalue weighted by Crippen LogP contribution is -2.51. The van der Waals surface area contributed by atoms with Crippen molar-refractivity contribution in [2.24, 2.45) is 7.05 Å². The highest BCUT2D eigenvalue weighted by molar-refractivity contribution is 5.97. The number of nitrogens with zero attached hydrogens (tertiary/aromatic N) is 6. The minimum absolute atomic E-state index is 0.0298. The number of carbonyl (C=O) groups excluding carboxylic acids is 2. The molecule has 1 aliphatic rings. The van der Waals surface area contributed by atoms with Gasteiger partial charge >= 0.3 is 0 Å². The summed E-state index contributed by atoms with van der Waals surface area (Å²) in [6, 6.07) is 4.06. The first-order valence-electron chi connectivity index (χ1n) is 10.4. The fourth-order valence-corrected chi connectivity index (χ4v) is 4.20. The number of hydrogen-bond donors (Lipinski definition) is 0. The van der Waals surface area contributed by atoms with E-state index >= 15 is 0 Å². The zero-order valence-electron chi connectivity index (χ0n) is 18.7. The number of hydrogen-bond acceptors (Lipinski definition) is 5. The molecule has 3 aromatic heterocycles. The lowest BCUT2D eigenvalue weighted by atomic mass is 10.1. The molecule has 31 heavy (non-hydrogen) atoms. The number of aryl methyl sites for hydroxylation is 5. The highest BCUT2D eigenvalue weighted by atomic mass is 16.5. The lowest BCUT2D eigenvalue weighted by Gasteiger charge is -2.35. The quantitative estimate of drug-likeness (QED) is 0.639. The van der Waals surface area contributed by atoms with Gasteiger partial charge in [0.05, 0.1) is 18.3 Å². The summed E-state index contributed by atoms with van der Waals surface area (Å²) in [5, 5.41) is 8.26. The Morgan fingerprint density at radius 3 is 2.19 bits per heavy atom. The largest absolute Gasteiger partial charge is 0.361 e. The molecule has 0 spiro atoms. The first-order chi connectivity index (χ1) is 14.8. The van der Waals surface area contributed by atoms with Crippen LogP contribution < -0.4 is 0 Å². The van der Waals surface area contributed by atoms with Crippen molar-refractivity contribution in [3.63, 3.8) is 0 Å². The second-order valence-electron chi connectivity index (χ2n) is 8.11. The zero-order chi connectivity index (χ0) is 22.3. The molecule has 9 nitrogen and oxygen atoms in total. The average molecular weight is 425 g/mol. The van der Waals surface area contributed by atoms with Crippen LogP contribution in [-0.4, -0.2) is 67.3 Å². The average Bonchev–Trinajstić information content (AvgIpc) is 3.39. The second-order valence-corrected chi connectivity index (χ2v) is 8.11. The zero-order valence-corrected chi connectivity index (χ0v) is 18.7. The van der Waals surface area contributed by atoms with Gasteiger partial charge in [0.25, 0.3) is 5.91 Å². The summed E-state index contributed by atoms with van der Waals surface area (Å²) in [5.74, 6) is 1.41. The summed E-state index contributed by atoms with van der Waals surface area (Å²) < 4.78 is 8.94. The minimum Gasteiger partial charge on any atom is -0.361 e. The molecule has 0 atom stereocenters. The smallest absolute Gasteiger partial charge is 0.259 e. The molecular weight excluding hydrogens is 396 g/mol. The van der Waals surface area contributed by atoms with Crippen molar-refractivity contribution >= 4 is 11.8 Å². The van der Waals surface area contributed by atoms with Crippen molar-refractivity contribution in [3.05, 3.63) is 52.3 Å². The van der Waals surface area contributed by atoms with Gasteiger partial charge in [-0.05, 0) is 39.8 Å². The number of amides is 2. The highest BCUT2D eigenvalue weighted by Crippen LogP contribution is 2.22. The molecule has 0 bridgehead atoms. The SMILES string of the molecule is Cc1noc(C)c1CC(=O)N1CCN(C(=O)c2cnn(C)c2-n2c(C)ccc2C)CC1. The van der Waals surface area contributed by atoms with Crippen molar-refractivity contribution in [2.75, 3.05) is 26.2 Å². The first kappa shape index (κ1) is 20.9. The van der Waals surface area contributed by atoms with E-state index in [1.165, 1.54) is 0 Å². The van der Waals surface area contributed by atoms with Gasteiger partial charge < -0.3 is 18.9 Å². The molecule has 9 heteroatoms. The van der Waals surface area contributed by atoms with Crippen molar-refractivity contribution in [3.8, 4) is 5.82 Å². The van der Waals surface area contributed by atoms with Gasteiger partial charge in [-0.1, -0.05) is 5.16 Å². The van der Waals surface area contributed by atoms with Crippen LogP contribution in [-0.2, 0) is 18.3 Å². The maximum atomic E-state index is 13.3. The standard InChI is InChI=1S/C22H28N6O3/c1-14-6-7-15(2)28(14)21-19(13-23-25(21)5)22(30)27-10-8-26(9-11-27)20(29)12-18-16(3)24-31-17(18)4/h6-7,13H,8-12H2,1-5H3. The van der Waals surface area contributed by atoms with Gasteiger partial charge in [0, 0.05) is 50.2 Å². The number of piperazine rings is 1. The van der Waals surface area contributed by atoms with Crippen LogP contribution in [0.4, 0.5) is 0 Å². The Morgan fingerprint density at radius 2 is 1.61 bits per heavy atom. The van der Waals surface area contributed by atoms with E-state index in [0.29, 0.717) is 37.5 Å². The fourth-order valence-electron chi connectivity index (χ4n) is 4.20. The molecule has 0 radical (unpaired) electrons. The van der Waals surface area contributed by atoms with Gasteiger partial charge in [-0.2, -0.15) is 5.10 Å². The van der Waals surface area contributed by atoms with Crippen molar-refractivity contribution in [2.45, 2.75) is 34.1 Å². The number of carbonyl (C=O) groups is 2. The summed E-state index contributed by atoms with van der Waals surface area (Å²) in [7, 11) is 1.84. The molecule has 0 aromatic carbocycles. The van der Waals surface area contributed by atoms with Crippen LogP contribution in [0.25, 0.3) is 5.82 Å². The molecule has 2 amide bonds. The molecule has 1 saturated heterocycles. The van der Waals surface area contributed by atoms with E-state index in [-0.39, 0.29) is 18.2 Å². The lowest BCUT2D eigenvalue weighted by molar-refractivity contribution is -0.131. The number of aromatic nitrogens is 4. The van der Waals surface area contributed by atoms with Gasteiger partial charge in [0.2, 0.25) is 5.91 Å². The summed E-state index contributed by atoms with van der Waals surface area (Å²) in [5.41, 5.74) is 4.26. The minimum atomic E-state index is -0.0616. The molecular formula is C22H28N6O3. The third kappa shape index (κ3) is 3.75. The van der Waals surface area contributed by atoms with E-state index in [1.54, 1.807) is 20.7 Å². The summed E-state index contributed by atoms with van der Waals surface area (Å²) in [4.78, 5) is 29.7. The van der Waals surface area contributed by atoms with Crippen LogP contribution in [0.2, 0.25) is 0 Å². The van der Waals surface area contributed by atoms with Crippen molar-refractivity contribution < 1.29 is 14.1 Å². The van der Waals surface area contributed by atoms with Crippen LogP contribution in [0.3, 0.4) is 0 Å². The van der Waals surface area contributed by atoms with E-state index in [1.807, 2.05) is 51.4 Å². The molecule has 0 aliphatic carbocycles. The van der Waals surface area contributed by atoms with E-state index in [2.05, 4.69) is 10.3 Å². The Bertz CT molecular complexity index is 1090. The molecule has 0 saturated carbocycles. The maximum absolute atomic E-state index is 13.3. The van der Waals surface area contributed by atoms with Gasteiger partial charge in [0.1, 0.15) is 17.1 Å². The predicted molar refractivity (Wildman–Crippen MR) is 114 cm³/mol. The topological polar surface area (TPSA) is 89.4 Å². The normalized spacial score (nSPS) is 14.4. The molecule has 1 aliphatic heterocycles. The van der Waals surface area contributed by atoms with E-state index in [0.717, 1.165) is 28.5 Å². The summed E-state index contributed by atoms with van der Waals surface area (Å²) >= 11 is 0. The molecule has 1 fully saturated rings. The fraction of sp³-hybridized carbons (Fsp3) is 0.455. The van der Waals surface area contributed by atoms with Gasteiger partial charge in [-0.25, -0.2) is 0 Å². The Balaban J connectivity index is 1.46. The summed E-state index contributed by atoms with van der Waals surface area (Å²) in [6.45, 7) is 9.67. The molecule has 4 heterocycles. The Kier molecular flexibility index (Phi) is 5.43. The summed E-state index contributed by atoms with van der Waals surface area (Å²) in [6.07, 6.45) is 1.90. The van der Waals surface area contributed by atoms with E-state index < -0.39 is 0 Å². The molecule has 164 valence electrons. The first-order valence-corrected chi connectivity index (χ1v) is 10.4. The van der Waals surface area contributed by atoms with Crippen LogP contribution in [0.1, 0.15) is 38.8 Å². The molecule has 4 rings (SSSR count). The second kappa shape index (κ2) is 8.05. The number of rotatable bonds is 4. The molecule has 0 N–H and O–H groups in total. The van der Waals surface area contributed by atoms with Crippen LogP contribution in [0, 0.1) is 27.7 Å². The van der Waals surface area contributed by atoms with Crippen LogP contribution in [0.5, 0.6) is 0 Å². The predicted octanol–water partition coefficient (Wildman–Crippen LogP) is 1.96. The highest BCUT2D eigenvalue weighted by Gasteiger charge is 2.29. The van der Waals surface area contributed by atoms with E-state index in [4.69, 9.17) is 4.52 Å². The monoisotopic (exact) mass is 424 g/mol. The van der Waals surface area contributed by atoms with E-state index in [9.17, 15) is 9.59 Å². The molecule has 3 aromatic rings. The van der Waals surface area contributed by atoms with Crippen molar-refractivity contribution in [1.29, 1.82) is 0 Å². The Hall–Kier alpha value is -3.36. The van der Waals surface area contributed by atoms with Crippen LogP contribution >= 0.6 is 0 Å². The maximum Gasteiger partial charge on any atom is 0.259 e. The van der Waals surface area contributed by atoms with Crippen LogP contribution in [0.15, 0.2) is 22.9 Å². The van der Waals surface area contributed by atoms with Crippen molar-refractivity contribution in [1.82, 2.24) is 29.3 Å². The van der Waals surface area contributed by atoms with Gasteiger partial charge in [-0.15, -0.1) is 0 Å². The third-order valence-corrected chi connectivity index (χ3v) is 6.05.